The van der Waals surface area contributed by atoms with Gasteiger partial charge in [0, 0.05) is 42.3 Å². The van der Waals surface area contributed by atoms with E-state index in [0.29, 0.717) is 35.5 Å². The van der Waals surface area contributed by atoms with Crippen LogP contribution in [0.25, 0.3) is 0 Å². The monoisotopic (exact) mass is 583 g/mol. The Morgan fingerprint density at radius 2 is 1.49 bits per heavy atom. The van der Waals surface area contributed by atoms with E-state index in [1.165, 1.54) is 12.8 Å². The van der Waals surface area contributed by atoms with Crippen LogP contribution in [0.1, 0.15) is 54.9 Å². The molecule has 0 spiro atoms. The number of nitrogens with one attached hydrogen (secondary N) is 4. The van der Waals surface area contributed by atoms with Gasteiger partial charge in [0.05, 0.1) is 6.10 Å². The zero-order valence-corrected chi connectivity index (χ0v) is 24.9. The highest BCUT2D eigenvalue weighted by atomic mass is 16.5. The lowest BCUT2D eigenvalue weighted by atomic mass is 10.1. The molecule has 2 atom stereocenters. The number of anilines is 3. The van der Waals surface area contributed by atoms with Gasteiger partial charge in [0.25, 0.3) is 5.91 Å². The fourth-order valence-electron chi connectivity index (χ4n) is 5.55. The van der Waals surface area contributed by atoms with Gasteiger partial charge in [-0.15, -0.1) is 0 Å². The summed E-state index contributed by atoms with van der Waals surface area (Å²) in [4.78, 5) is 39.8. The van der Waals surface area contributed by atoms with Gasteiger partial charge in [0.1, 0.15) is 11.8 Å². The smallest absolute Gasteiger partial charge is 0.323 e. The Kier molecular flexibility index (Phi) is 9.81. The minimum Gasteiger partial charge on any atom is -0.490 e. The van der Waals surface area contributed by atoms with Gasteiger partial charge < -0.3 is 30.9 Å². The quantitative estimate of drug-likeness (QED) is 0.244. The molecule has 0 radical (unpaired) electrons. The molecule has 1 heterocycles. The Morgan fingerprint density at radius 1 is 0.860 bits per heavy atom. The molecule has 0 aromatic heterocycles. The molecule has 1 saturated heterocycles. The third kappa shape index (κ3) is 8.50. The van der Waals surface area contributed by atoms with E-state index < -0.39 is 6.04 Å². The first-order valence-electron chi connectivity index (χ1n) is 15.2. The summed E-state index contributed by atoms with van der Waals surface area (Å²) in [6.45, 7) is 5.91. The highest BCUT2D eigenvalue weighted by Gasteiger charge is 2.24. The van der Waals surface area contributed by atoms with Gasteiger partial charge in [-0.1, -0.05) is 17.7 Å². The number of nitrogens with zero attached hydrogens (tertiary/aromatic N) is 1. The average Bonchev–Trinajstić information content (AvgIpc) is 3.70. The molecule has 1 aliphatic carbocycles. The second kappa shape index (κ2) is 14.1. The van der Waals surface area contributed by atoms with Crippen LogP contribution in [0.5, 0.6) is 5.75 Å². The highest BCUT2D eigenvalue weighted by molar-refractivity contribution is 6.00. The molecule has 4 amide bonds. The first-order valence-corrected chi connectivity index (χ1v) is 15.2. The van der Waals surface area contributed by atoms with Crippen LogP contribution in [-0.4, -0.2) is 49.6 Å². The van der Waals surface area contributed by atoms with Crippen LogP contribution in [0.15, 0.2) is 72.8 Å². The standard InChI is InChI=1S/C34H41N5O4/c1-23-7-9-26(10-8-23)33(41)36-24(2)32(40)35-21-25-19-20-39(22-25)29-15-11-27(12-16-29)37-34(42)38-28-13-17-31(18-14-28)43-30-5-3-4-6-30/h7-18,24-25,30H,3-6,19-22H2,1-2H3,(H,35,40)(H,36,41)(H2,37,38,42). The topological polar surface area (TPSA) is 112 Å². The molecule has 43 heavy (non-hydrogen) atoms. The number of hydrogen-bond acceptors (Lipinski definition) is 5. The predicted octanol–water partition coefficient (Wildman–Crippen LogP) is 5.72. The molecule has 4 N–H and O–H groups in total. The Bertz CT molecular complexity index is 1390. The van der Waals surface area contributed by atoms with E-state index in [-0.39, 0.29) is 17.8 Å². The van der Waals surface area contributed by atoms with Crippen LogP contribution in [0.4, 0.5) is 21.9 Å². The number of hydrogen-bond donors (Lipinski definition) is 4. The van der Waals surface area contributed by atoms with E-state index in [1.54, 1.807) is 19.1 Å². The lowest BCUT2D eigenvalue weighted by Crippen LogP contribution is -2.46. The maximum atomic E-state index is 12.6. The summed E-state index contributed by atoms with van der Waals surface area (Å²) < 4.78 is 5.99. The molecule has 3 aromatic carbocycles. The summed E-state index contributed by atoms with van der Waals surface area (Å²) in [5.74, 6) is 0.684. The molecule has 0 bridgehead atoms. The average molecular weight is 584 g/mol. The van der Waals surface area contributed by atoms with Crippen molar-refractivity contribution >= 4 is 34.9 Å². The Balaban J connectivity index is 1.02. The van der Waals surface area contributed by atoms with Gasteiger partial charge in [-0.05, 0) is 113 Å². The summed E-state index contributed by atoms with van der Waals surface area (Å²) in [5.41, 5.74) is 4.08. The van der Waals surface area contributed by atoms with Crippen LogP contribution >= 0.6 is 0 Å². The maximum Gasteiger partial charge on any atom is 0.323 e. The minimum absolute atomic E-state index is 0.194. The molecule has 9 nitrogen and oxygen atoms in total. The molecule has 9 heteroatoms. The van der Waals surface area contributed by atoms with E-state index in [0.717, 1.165) is 49.4 Å². The second-order valence-electron chi connectivity index (χ2n) is 11.6. The van der Waals surface area contributed by atoms with Crippen LogP contribution in [0.3, 0.4) is 0 Å². The van der Waals surface area contributed by atoms with Crippen molar-refractivity contribution in [3.63, 3.8) is 0 Å². The molecule has 2 aliphatic rings. The summed E-state index contributed by atoms with van der Waals surface area (Å²) in [6.07, 6.45) is 5.92. The molecular weight excluding hydrogens is 542 g/mol. The number of urea groups is 1. The number of benzene rings is 3. The summed E-state index contributed by atoms with van der Waals surface area (Å²) in [5, 5.41) is 11.5. The lowest BCUT2D eigenvalue weighted by Gasteiger charge is -2.20. The zero-order valence-electron chi connectivity index (χ0n) is 24.9. The number of amides is 4. The van der Waals surface area contributed by atoms with Crippen molar-refractivity contribution in [3.05, 3.63) is 83.9 Å². The van der Waals surface area contributed by atoms with Crippen LogP contribution < -0.4 is 30.9 Å². The third-order valence-corrected chi connectivity index (χ3v) is 8.11. The Hall–Kier alpha value is -4.53. The van der Waals surface area contributed by atoms with E-state index in [9.17, 15) is 14.4 Å². The zero-order chi connectivity index (χ0) is 30.2. The van der Waals surface area contributed by atoms with Gasteiger partial charge >= 0.3 is 6.03 Å². The van der Waals surface area contributed by atoms with Crippen molar-refractivity contribution in [2.75, 3.05) is 35.2 Å². The fourth-order valence-corrected chi connectivity index (χ4v) is 5.55. The summed E-state index contributed by atoms with van der Waals surface area (Å²) >= 11 is 0. The normalized spacial score (nSPS) is 17.3. The molecule has 1 saturated carbocycles. The van der Waals surface area contributed by atoms with Crippen LogP contribution in [-0.2, 0) is 4.79 Å². The molecule has 226 valence electrons. The van der Waals surface area contributed by atoms with Crippen molar-refractivity contribution in [1.82, 2.24) is 10.6 Å². The van der Waals surface area contributed by atoms with Crippen molar-refractivity contribution < 1.29 is 19.1 Å². The largest absolute Gasteiger partial charge is 0.490 e. The molecular formula is C34H41N5O4. The number of carbonyl (C=O) groups is 3. The molecule has 2 fully saturated rings. The van der Waals surface area contributed by atoms with E-state index in [1.807, 2.05) is 67.6 Å². The SMILES string of the molecule is Cc1ccc(C(=O)NC(C)C(=O)NCC2CCN(c3ccc(NC(=O)Nc4ccc(OC5CCCC5)cc4)cc3)C2)cc1. The minimum atomic E-state index is -0.626. The number of aryl methyl sites for hydroxylation is 1. The summed E-state index contributed by atoms with van der Waals surface area (Å²) in [6, 6.07) is 21.6. The van der Waals surface area contributed by atoms with Gasteiger partial charge in [0.2, 0.25) is 5.91 Å². The van der Waals surface area contributed by atoms with E-state index >= 15 is 0 Å². The van der Waals surface area contributed by atoms with Gasteiger partial charge in [-0.2, -0.15) is 0 Å². The van der Waals surface area contributed by atoms with Crippen LogP contribution in [0, 0.1) is 12.8 Å². The van der Waals surface area contributed by atoms with Crippen LogP contribution in [0.2, 0.25) is 0 Å². The maximum absolute atomic E-state index is 12.6. The predicted molar refractivity (Wildman–Crippen MR) is 170 cm³/mol. The van der Waals surface area contributed by atoms with E-state index in [4.69, 9.17) is 4.74 Å². The van der Waals surface area contributed by atoms with Crippen molar-refractivity contribution in [2.45, 2.75) is 58.1 Å². The van der Waals surface area contributed by atoms with Crippen molar-refractivity contribution in [3.8, 4) is 5.75 Å². The van der Waals surface area contributed by atoms with Crippen molar-refractivity contribution in [2.24, 2.45) is 5.92 Å². The van der Waals surface area contributed by atoms with E-state index in [2.05, 4.69) is 26.2 Å². The second-order valence-corrected chi connectivity index (χ2v) is 11.6. The Labute approximate surface area is 253 Å². The van der Waals surface area contributed by atoms with Crippen molar-refractivity contribution in [1.29, 1.82) is 0 Å². The lowest BCUT2D eigenvalue weighted by molar-refractivity contribution is -0.122. The molecule has 5 rings (SSSR count). The first kappa shape index (κ1) is 29.9. The van der Waals surface area contributed by atoms with Gasteiger partial charge in [-0.3, -0.25) is 9.59 Å². The Morgan fingerprint density at radius 3 is 2.14 bits per heavy atom. The highest BCUT2D eigenvalue weighted by Crippen LogP contribution is 2.26. The number of rotatable bonds is 10. The molecule has 1 aliphatic heterocycles. The fraction of sp³-hybridized carbons (Fsp3) is 0.382. The molecule has 2 unspecified atom stereocenters. The third-order valence-electron chi connectivity index (χ3n) is 8.11. The first-order chi connectivity index (χ1) is 20.8. The molecule has 3 aromatic rings. The van der Waals surface area contributed by atoms with Gasteiger partial charge in [0.15, 0.2) is 0 Å². The number of carbonyl (C=O) groups excluding carboxylic acids is 3. The van der Waals surface area contributed by atoms with Gasteiger partial charge in [-0.25, -0.2) is 4.79 Å². The number of ether oxygens (including phenoxy) is 1. The summed E-state index contributed by atoms with van der Waals surface area (Å²) in [7, 11) is 0.